The zero-order valence-electron chi connectivity index (χ0n) is 24.4. The van der Waals surface area contributed by atoms with E-state index in [2.05, 4.69) is 9.48 Å². The smallest absolute Gasteiger partial charge is 0.744 e. The van der Waals surface area contributed by atoms with Gasteiger partial charge in [0.05, 0.1) is 15.9 Å². The van der Waals surface area contributed by atoms with E-state index in [9.17, 15) is 25.9 Å². The van der Waals surface area contributed by atoms with Crippen LogP contribution >= 0.6 is 0 Å². The van der Waals surface area contributed by atoms with E-state index < -0.39 is 30.0 Å². The second-order valence-electron chi connectivity index (χ2n) is 9.66. The topological polar surface area (TPSA) is 134 Å². The van der Waals surface area contributed by atoms with Gasteiger partial charge in [0.25, 0.3) is 0 Å². The minimum Gasteiger partial charge on any atom is -0.744 e. The van der Waals surface area contributed by atoms with E-state index in [0.29, 0.717) is 27.9 Å². The molecule has 0 N–H and O–H groups in total. The fraction of sp³-hybridized carbons (Fsp3) is 0.345. The van der Waals surface area contributed by atoms with E-state index in [4.69, 9.17) is 4.42 Å². The Morgan fingerprint density at radius 1 is 0.805 bits per heavy atom. The Morgan fingerprint density at radius 2 is 1.44 bits per heavy atom. The van der Waals surface area contributed by atoms with Gasteiger partial charge in [-0.05, 0) is 77.4 Å². The summed E-state index contributed by atoms with van der Waals surface area (Å²) in [5.41, 5.74) is 3.73. The maximum Gasteiger partial charge on any atom is 1.00 e. The van der Waals surface area contributed by atoms with Gasteiger partial charge < -0.3 is 18.4 Å². The molecule has 0 saturated heterocycles. The molecular formula is C29H33N2NaO7S2. The summed E-state index contributed by atoms with van der Waals surface area (Å²) in [6, 6.07) is 10.1. The van der Waals surface area contributed by atoms with Crippen molar-refractivity contribution < 1.29 is 59.9 Å². The van der Waals surface area contributed by atoms with Crippen molar-refractivity contribution >= 4 is 36.9 Å². The summed E-state index contributed by atoms with van der Waals surface area (Å²) in [7, 11) is -10.0. The molecule has 1 aliphatic heterocycles. The van der Waals surface area contributed by atoms with Crippen LogP contribution in [0.4, 0.5) is 5.69 Å². The molecule has 1 heterocycles. The number of benzene rings is 3. The quantitative estimate of drug-likeness (QED) is 0.127. The summed E-state index contributed by atoms with van der Waals surface area (Å²) in [6.45, 7) is 15.0. The van der Waals surface area contributed by atoms with Gasteiger partial charge in [-0.1, -0.05) is 0 Å². The van der Waals surface area contributed by atoms with Crippen LogP contribution in [0.1, 0.15) is 38.8 Å². The summed E-state index contributed by atoms with van der Waals surface area (Å²) >= 11 is 0. The van der Waals surface area contributed by atoms with Gasteiger partial charge in [-0.2, -0.15) is 0 Å². The molecule has 12 heteroatoms. The minimum atomic E-state index is -5.05. The predicted molar refractivity (Wildman–Crippen MR) is 154 cm³/mol. The van der Waals surface area contributed by atoms with Crippen LogP contribution in [0.2, 0.25) is 0 Å². The van der Waals surface area contributed by atoms with E-state index in [0.717, 1.165) is 66.5 Å². The third-order valence-electron chi connectivity index (χ3n) is 7.34. The Morgan fingerprint density at radius 3 is 1.98 bits per heavy atom. The molecule has 2 aromatic rings. The van der Waals surface area contributed by atoms with Crippen molar-refractivity contribution in [1.29, 1.82) is 0 Å². The van der Waals surface area contributed by atoms with E-state index >= 15 is 0 Å². The molecule has 0 amide bonds. The van der Waals surface area contributed by atoms with Crippen LogP contribution in [0.15, 0.2) is 56.7 Å². The molecule has 0 saturated carbocycles. The second-order valence-corrected chi connectivity index (χ2v) is 12.4. The number of hydrogen-bond donors (Lipinski definition) is 0. The Balaban J connectivity index is 0.00000462. The summed E-state index contributed by atoms with van der Waals surface area (Å²) in [6.07, 6.45) is 0. The molecular weight excluding hydrogens is 575 g/mol. The molecule has 0 unspecified atom stereocenters. The maximum atomic E-state index is 12.4. The van der Waals surface area contributed by atoms with Gasteiger partial charge in [-0.3, -0.25) is 0 Å². The van der Waals surface area contributed by atoms with Gasteiger partial charge in [0.1, 0.15) is 44.7 Å². The monoisotopic (exact) mass is 608 g/mol. The first-order chi connectivity index (χ1) is 18.7. The Bertz CT molecular complexity index is 1870. The van der Waals surface area contributed by atoms with Crippen molar-refractivity contribution in [2.75, 3.05) is 31.1 Å². The fourth-order valence-electron chi connectivity index (χ4n) is 5.36. The Hall–Kier alpha value is -2.25. The van der Waals surface area contributed by atoms with Crippen molar-refractivity contribution in [3.05, 3.63) is 58.9 Å². The normalized spacial score (nSPS) is 12.0. The molecule has 0 aromatic heterocycles. The zero-order valence-corrected chi connectivity index (χ0v) is 28.1. The molecule has 1 aliphatic carbocycles. The van der Waals surface area contributed by atoms with E-state index in [1.54, 1.807) is 0 Å². The molecule has 0 radical (unpaired) electrons. The maximum absolute atomic E-state index is 12.4. The SMILES string of the molecule is CCN(CC)c1cc2oc3cc(=[N+](CC)CC)c(C)cc-3c(-c3cc(S(=O)(=O)[O-])ccc3S(=O)(=O)[O-])c2cc1C.[Na+]. The van der Waals surface area contributed by atoms with Crippen LogP contribution in [0.3, 0.4) is 0 Å². The molecule has 0 bridgehead atoms. The number of hydrogen-bond acceptors (Lipinski definition) is 8. The summed E-state index contributed by atoms with van der Waals surface area (Å²) in [5.74, 6) is 0.425. The van der Waals surface area contributed by atoms with Gasteiger partial charge in [0.2, 0.25) is 5.36 Å². The molecule has 0 atom stereocenters. The van der Waals surface area contributed by atoms with Crippen molar-refractivity contribution in [1.82, 2.24) is 4.58 Å². The third-order valence-corrected chi connectivity index (χ3v) is 9.07. The standard InChI is InChI=1S/C29H34N2O7S2.Na/c1-7-30(8-2)24-16-26-21(13-18(24)5)29(22-14-19(6)25(17-27(22)38-26)31(9-3)10-4)23-15-20(39(32,33)34)11-12-28(23)40(35,36)37;/h11-17H,7-10H2,1-6H3,(H-,32,33,34,35,36,37);/q;+1/p-1. The van der Waals surface area contributed by atoms with E-state index in [-0.39, 0.29) is 35.1 Å². The molecule has 214 valence electrons. The molecule has 9 nitrogen and oxygen atoms in total. The first-order valence-electron chi connectivity index (χ1n) is 13.2. The summed E-state index contributed by atoms with van der Waals surface area (Å²) in [4.78, 5) is 0.901. The Kier molecular flexibility index (Phi) is 10.2. The summed E-state index contributed by atoms with van der Waals surface area (Å²) in [5, 5.41) is 1.41. The molecule has 41 heavy (non-hydrogen) atoms. The summed E-state index contributed by atoms with van der Waals surface area (Å²) < 4.78 is 81.8. The predicted octanol–water partition coefficient (Wildman–Crippen LogP) is 1.29. The molecule has 0 fully saturated rings. The number of rotatable bonds is 8. The fourth-order valence-corrected chi connectivity index (χ4v) is 6.52. The second kappa shape index (κ2) is 12.5. The Labute approximate surface area is 263 Å². The van der Waals surface area contributed by atoms with Gasteiger partial charge in [0, 0.05) is 52.5 Å². The van der Waals surface area contributed by atoms with E-state index in [1.807, 2.05) is 65.8 Å². The number of nitrogens with zero attached hydrogens (tertiary/aromatic N) is 2. The van der Waals surface area contributed by atoms with E-state index in [1.165, 1.54) is 0 Å². The van der Waals surface area contributed by atoms with Crippen LogP contribution in [0.5, 0.6) is 0 Å². The number of aryl methyl sites for hydroxylation is 2. The van der Waals surface area contributed by atoms with Gasteiger partial charge >= 0.3 is 29.6 Å². The van der Waals surface area contributed by atoms with Crippen LogP contribution in [-0.4, -0.2) is 52.1 Å². The number of anilines is 1. The minimum absolute atomic E-state index is 0. The van der Waals surface area contributed by atoms with Crippen LogP contribution in [0, 0.1) is 13.8 Å². The van der Waals surface area contributed by atoms with Crippen molar-refractivity contribution in [2.45, 2.75) is 51.3 Å². The van der Waals surface area contributed by atoms with Crippen LogP contribution < -0.4 is 44.4 Å². The molecule has 0 spiro atoms. The van der Waals surface area contributed by atoms with Crippen molar-refractivity contribution in [3.63, 3.8) is 0 Å². The number of fused-ring (bicyclic) bond motifs is 2. The van der Waals surface area contributed by atoms with Crippen LogP contribution in [0.25, 0.3) is 33.4 Å². The first kappa shape index (κ1) is 33.3. The van der Waals surface area contributed by atoms with Gasteiger partial charge in [-0.25, -0.2) is 21.4 Å². The first-order valence-corrected chi connectivity index (χ1v) is 16.0. The van der Waals surface area contributed by atoms with Crippen molar-refractivity contribution in [2.24, 2.45) is 0 Å². The van der Waals surface area contributed by atoms with Gasteiger partial charge in [0.15, 0.2) is 0 Å². The average molecular weight is 609 g/mol. The van der Waals surface area contributed by atoms with Crippen molar-refractivity contribution in [3.8, 4) is 22.5 Å². The third kappa shape index (κ3) is 6.41. The molecule has 2 aromatic carbocycles. The largest absolute Gasteiger partial charge is 1.00 e. The molecule has 4 rings (SSSR count). The molecule has 2 aliphatic rings. The van der Waals surface area contributed by atoms with Crippen LogP contribution in [-0.2, 0) is 20.2 Å². The zero-order chi connectivity index (χ0) is 29.6. The average Bonchev–Trinajstić information content (AvgIpc) is 2.88. The van der Waals surface area contributed by atoms with Gasteiger partial charge in [-0.15, -0.1) is 0 Å².